The Morgan fingerprint density at radius 3 is 1.97 bits per heavy atom. The van der Waals surface area contributed by atoms with Gasteiger partial charge in [-0.3, -0.25) is 0 Å². The van der Waals surface area contributed by atoms with Gasteiger partial charge >= 0.3 is 0 Å². The molecule has 0 saturated heterocycles. The Morgan fingerprint density at radius 1 is 0.931 bits per heavy atom. The molecule has 0 atom stereocenters. The number of methoxy groups -OCH3 is 2. The predicted molar refractivity (Wildman–Crippen MR) is 114 cm³/mol. The van der Waals surface area contributed by atoms with Crippen LogP contribution in [-0.2, 0) is 6.42 Å². The van der Waals surface area contributed by atoms with Gasteiger partial charge < -0.3 is 43.1 Å². The van der Waals surface area contributed by atoms with Gasteiger partial charge in [0.25, 0.3) is 0 Å². The van der Waals surface area contributed by atoms with Crippen LogP contribution in [0, 0.1) is 0 Å². The molecule has 0 radical (unpaired) electrons. The summed E-state index contributed by atoms with van der Waals surface area (Å²) in [7, 11) is 3.26. The summed E-state index contributed by atoms with van der Waals surface area (Å²) in [6, 6.07) is 13.6. The van der Waals surface area contributed by atoms with Crippen LogP contribution in [0.15, 0.2) is 47.6 Å². The molecule has 0 spiro atoms. The quantitative estimate of drug-likeness (QED) is 0.172. The van der Waals surface area contributed by atoms with Crippen LogP contribution < -0.4 is 33.5 Å². The first-order valence-corrected chi connectivity index (χ1v) is 9.95. The maximum atomic E-state index is 9.83. The van der Waals surface area contributed by atoms with Crippen molar-refractivity contribution in [3.63, 3.8) is 0 Å². The zero-order chi connectivity index (χ0) is 20.6. The Balaban J connectivity index is 0.00000420. The molecule has 0 fully saturated rings. The highest BCUT2D eigenvalue weighted by Crippen LogP contribution is 2.32. The van der Waals surface area contributed by atoms with Gasteiger partial charge in [-0.15, -0.1) is 0 Å². The zero-order valence-electron chi connectivity index (χ0n) is 18.1. The number of hydrogen-bond donors (Lipinski definition) is 1. The number of ether oxygens (including phenoxy) is 2. The monoisotopic (exact) mass is 512 g/mol. The van der Waals surface area contributed by atoms with E-state index in [0.717, 1.165) is 53.8 Å². The Bertz CT molecular complexity index is 782. The minimum absolute atomic E-state index is 0. The molecule has 0 unspecified atom stereocenters. The van der Waals surface area contributed by atoms with Crippen LogP contribution in [0.3, 0.4) is 0 Å². The highest BCUT2D eigenvalue weighted by molar-refractivity contribution is 6.13. The number of halogens is 1. The van der Waals surface area contributed by atoms with E-state index in [1.54, 1.807) is 14.2 Å². The average Bonchev–Trinajstić information content (AvgIpc) is 2.76. The van der Waals surface area contributed by atoms with Crippen molar-refractivity contribution in [3.8, 4) is 11.5 Å². The summed E-state index contributed by atoms with van der Waals surface area (Å²) >= 11 is 0. The van der Waals surface area contributed by atoms with Crippen LogP contribution in [-0.4, -0.2) is 55.8 Å². The van der Waals surface area contributed by atoms with Crippen LogP contribution in [0.5, 0.6) is 11.5 Å². The third kappa shape index (κ3) is 5.85. The van der Waals surface area contributed by atoms with Gasteiger partial charge in [-0.05, 0) is 38.5 Å². The second-order valence-electron chi connectivity index (χ2n) is 6.94. The standard InChI is InChI=1S/C23H32N2O3.HI/c1-6-25(7-2,8-3)15-14-19-16-21(27-4)22(28-5)17-20(19)23(24-26)18-12-10-9-11-13-18;/h9-13,16-17H,6-8,14-15H2,1-5H3;1H/b24-23-;. The van der Waals surface area contributed by atoms with Gasteiger partial charge in [0.05, 0.1) is 40.4 Å². The summed E-state index contributed by atoms with van der Waals surface area (Å²) in [6.07, 6.45) is 0.858. The first-order valence-electron chi connectivity index (χ1n) is 9.95. The third-order valence-corrected chi connectivity index (χ3v) is 5.88. The molecule has 160 valence electrons. The molecule has 5 nitrogen and oxygen atoms in total. The van der Waals surface area contributed by atoms with Gasteiger partial charge in [0.1, 0.15) is 5.71 Å². The lowest BCUT2D eigenvalue weighted by Gasteiger charge is -2.36. The molecule has 0 bridgehead atoms. The van der Waals surface area contributed by atoms with Crippen LogP contribution in [0.25, 0.3) is 0 Å². The van der Waals surface area contributed by atoms with Crippen molar-refractivity contribution in [2.75, 3.05) is 40.4 Å². The molecule has 0 aliphatic rings. The van der Waals surface area contributed by atoms with E-state index in [1.165, 1.54) is 0 Å². The molecule has 0 amide bonds. The van der Waals surface area contributed by atoms with E-state index in [2.05, 4.69) is 25.9 Å². The summed E-state index contributed by atoms with van der Waals surface area (Å²) in [6.45, 7) is 11.0. The average molecular weight is 512 g/mol. The lowest BCUT2D eigenvalue weighted by atomic mass is 9.94. The summed E-state index contributed by atoms with van der Waals surface area (Å²) in [5.41, 5.74) is 3.36. The second kappa shape index (κ2) is 12.0. The van der Waals surface area contributed by atoms with Crippen molar-refractivity contribution in [2.24, 2.45) is 5.16 Å². The summed E-state index contributed by atoms with van der Waals surface area (Å²) in [5.74, 6) is 1.31. The van der Waals surface area contributed by atoms with E-state index in [-0.39, 0.29) is 24.0 Å². The molecule has 0 aliphatic heterocycles. The van der Waals surface area contributed by atoms with E-state index in [9.17, 15) is 5.21 Å². The third-order valence-electron chi connectivity index (χ3n) is 5.88. The van der Waals surface area contributed by atoms with Crippen molar-refractivity contribution in [1.82, 2.24) is 0 Å². The number of likely N-dealkylation sites (N-methyl/N-ethyl adjacent to an activating group) is 1. The molecular weight excluding hydrogens is 479 g/mol. The lowest BCUT2D eigenvalue weighted by Crippen LogP contribution is -3.00. The Kier molecular flexibility index (Phi) is 10.5. The van der Waals surface area contributed by atoms with Crippen LogP contribution in [0.4, 0.5) is 0 Å². The lowest BCUT2D eigenvalue weighted by molar-refractivity contribution is -0.923. The van der Waals surface area contributed by atoms with Gasteiger partial charge in [-0.2, -0.15) is 0 Å². The Hall–Kier alpha value is -1.80. The number of oxime groups is 1. The fourth-order valence-electron chi connectivity index (χ4n) is 3.71. The molecule has 29 heavy (non-hydrogen) atoms. The molecule has 2 aromatic carbocycles. The minimum atomic E-state index is 0. The first kappa shape index (κ1) is 25.2. The molecule has 2 rings (SSSR count). The van der Waals surface area contributed by atoms with Crippen molar-refractivity contribution >= 4 is 5.71 Å². The van der Waals surface area contributed by atoms with E-state index in [4.69, 9.17) is 9.47 Å². The molecule has 0 heterocycles. The maximum absolute atomic E-state index is 9.83. The van der Waals surface area contributed by atoms with Gasteiger partial charge in [-0.1, -0.05) is 35.5 Å². The smallest absolute Gasteiger partial charge is 0.161 e. The molecule has 0 saturated carbocycles. The Morgan fingerprint density at radius 2 is 1.48 bits per heavy atom. The van der Waals surface area contributed by atoms with Crippen molar-refractivity contribution in [2.45, 2.75) is 27.2 Å². The maximum Gasteiger partial charge on any atom is 0.161 e. The summed E-state index contributed by atoms with van der Waals surface area (Å²) in [5, 5.41) is 13.5. The van der Waals surface area contributed by atoms with E-state index < -0.39 is 0 Å². The largest absolute Gasteiger partial charge is 1.00 e. The predicted octanol–water partition coefficient (Wildman–Crippen LogP) is 1.35. The van der Waals surface area contributed by atoms with Crippen LogP contribution >= 0.6 is 0 Å². The van der Waals surface area contributed by atoms with E-state index in [0.29, 0.717) is 17.2 Å². The molecular formula is C23H33IN2O3. The minimum Gasteiger partial charge on any atom is -1.00 e. The number of nitrogens with zero attached hydrogens (tertiary/aromatic N) is 2. The highest BCUT2D eigenvalue weighted by Gasteiger charge is 2.23. The number of benzene rings is 2. The fourth-order valence-corrected chi connectivity index (χ4v) is 3.71. The SMILES string of the molecule is CC[N+](CC)(CC)CCc1cc(OC)c(OC)cc1/C(=N\O)c1ccccc1.[I-]. The molecule has 6 heteroatoms. The molecule has 0 aliphatic carbocycles. The van der Waals surface area contributed by atoms with Gasteiger partial charge in [-0.25, -0.2) is 0 Å². The van der Waals surface area contributed by atoms with Gasteiger partial charge in [0, 0.05) is 17.5 Å². The zero-order valence-corrected chi connectivity index (χ0v) is 20.3. The van der Waals surface area contributed by atoms with Gasteiger partial charge in [0.15, 0.2) is 11.5 Å². The van der Waals surface area contributed by atoms with Crippen LogP contribution in [0.2, 0.25) is 0 Å². The van der Waals surface area contributed by atoms with Crippen molar-refractivity contribution < 1.29 is 43.1 Å². The molecule has 0 aromatic heterocycles. The first-order chi connectivity index (χ1) is 13.6. The summed E-state index contributed by atoms with van der Waals surface area (Å²) in [4.78, 5) is 0. The van der Waals surface area contributed by atoms with E-state index >= 15 is 0 Å². The Labute approximate surface area is 191 Å². The number of hydrogen-bond acceptors (Lipinski definition) is 4. The van der Waals surface area contributed by atoms with Crippen LogP contribution in [0.1, 0.15) is 37.5 Å². The van der Waals surface area contributed by atoms with Crippen molar-refractivity contribution in [1.29, 1.82) is 0 Å². The fraction of sp³-hybridized carbons (Fsp3) is 0.435. The topological polar surface area (TPSA) is 51.0 Å². The number of rotatable bonds is 10. The summed E-state index contributed by atoms with van der Waals surface area (Å²) < 4.78 is 12.1. The van der Waals surface area contributed by atoms with E-state index in [1.807, 2.05) is 42.5 Å². The second-order valence-corrected chi connectivity index (χ2v) is 6.94. The molecule has 2 aromatic rings. The highest BCUT2D eigenvalue weighted by atomic mass is 127. The number of quaternary nitrogens is 1. The van der Waals surface area contributed by atoms with Crippen molar-refractivity contribution in [3.05, 3.63) is 59.2 Å². The molecule has 1 N–H and O–H groups in total. The van der Waals surface area contributed by atoms with Gasteiger partial charge in [0.2, 0.25) is 0 Å². The normalized spacial score (nSPS) is 11.7.